The summed E-state index contributed by atoms with van der Waals surface area (Å²) >= 11 is 0. The normalized spacial score (nSPS) is 12.9. The smallest absolute Gasteiger partial charge is 0.249 e. The molecule has 1 aromatic heterocycles. The fraction of sp³-hybridized carbons (Fsp3) is 0.188. The number of hydrogen-bond donors (Lipinski definition) is 1. The lowest BCUT2D eigenvalue weighted by Gasteiger charge is -2.18. The molecular formula is C16H14N4O3. The second-order valence-electron chi connectivity index (χ2n) is 4.87. The fourth-order valence-corrected chi connectivity index (χ4v) is 2.16. The Morgan fingerprint density at radius 2 is 2.17 bits per heavy atom. The summed E-state index contributed by atoms with van der Waals surface area (Å²) in [6.07, 6.45) is 4.45. The molecule has 0 atom stereocenters. The van der Waals surface area contributed by atoms with Crippen molar-refractivity contribution in [3.63, 3.8) is 0 Å². The molecule has 23 heavy (non-hydrogen) atoms. The van der Waals surface area contributed by atoms with Crippen molar-refractivity contribution in [3.05, 3.63) is 41.6 Å². The zero-order valence-electron chi connectivity index (χ0n) is 12.4. The van der Waals surface area contributed by atoms with Crippen molar-refractivity contribution >= 4 is 17.8 Å². The van der Waals surface area contributed by atoms with Crippen LogP contribution in [-0.4, -0.2) is 28.9 Å². The number of rotatable bonds is 3. The van der Waals surface area contributed by atoms with E-state index in [1.807, 2.05) is 18.2 Å². The second kappa shape index (κ2) is 6.23. The van der Waals surface area contributed by atoms with Crippen LogP contribution in [-0.2, 0) is 11.8 Å². The summed E-state index contributed by atoms with van der Waals surface area (Å²) in [6.45, 7) is 1.05. The number of carbonyl (C=O) groups excluding carboxylic acids is 1. The van der Waals surface area contributed by atoms with Gasteiger partial charge in [0.15, 0.2) is 11.5 Å². The maximum Gasteiger partial charge on any atom is 0.249 e. The van der Waals surface area contributed by atoms with Crippen LogP contribution in [0.3, 0.4) is 0 Å². The molecule has 1 aliphatic heterocycles. The van der Waals surface area contributed by atoms with Gasteiger partial charge in [0.05, 0.1) is 6.20 Å². The number of ether oxygens (including phenoxy) is 2. The van der Waals surface area contributed by atoms with Crippen LogP contribution in [0.25, 0.3) is 6.08 Å². The first kappa shape index (κ1) is 14.7. The van der Waals surface area contributed by atoms with E-state index in [1.165, 1.54) is 17.0 Å². The number of nitriles is 1. The molecule has 7 heteroatoms. The summed E-state index contributed by atoms with van der Waals surface area (Å²) in [6, 6.07) is 7.43. The molecule has 0 bridgehead atoms. The molecule has 2 heterocycles. The summed E-state index contributed by atoms with van der Waals surface area (Å²) in [5.74, 6) is 1.38. The van der Waals surface area contributed by atoms with Crippen LogP contribution in [0, 0.1) is 11.3 Å². The Morgan fingerprint density at radius 3 is 2.96 bits per heavy atom. The molecule has 116 valence electrons. The monoisotopic (exact) mass is 310 g/mol. The summed E-state index contributed by atoms with van der Waals surface area (Å²) in [7, 11) is 1.65. The van der Waals surface area contributed by atoms with E-state index in [0.29, 0.717) is 36.1 Å². The third kappa shape index (κ3) is 3.16. The predicted octanol–water partition coefficient (Wildman–Crippen LogP) is 1.71. The standard InChI is InChI=1S/C16H14N4O3/c1-20-16(12(9-17)10-18-20)19-15(21)5-3-11-2-4-13-14(8-11)23-7-6-22-13/h2-5,8,10H,6-7H2,1H3,(H,19,21)/b5-3-. The zero-order valence-corrected chi connectivity index (χ0v) is 12.4. The van der Waals surface area contributed by atoms with Gasteiger partial charge in [-0.25, -0.2) is 0 Å². The van der Waals surface area contributed by atoms with Crippen molar-refractivity contribution in [2.75, 3.05) is 18.5 Å². The molecule has 7 nitrogen and oxygen atoms in total. The SMILES string of the molecule is Cn1ncc(C#N)c1NC(=O)/C=C\c1ccc2c(c1)OCCO2. The van der Waals surface area contributed by atoms with Gasteiger partial charge in [-0.1, -0.05) is 6.07 Å². The topological polar surface area (TPSA) is 89.2 Å². The molecule has 2 aromatic rings. The minimum Gasteiger partial charge on any atom is -0.486 e. The number of aryl methyl sites for hydroxylation is 1. The molecule has 0 fully saturated rings. The first-order valence-electron chi connectivity index (χ1n) is 6.98. The van der Waals surface area contributed by atoms with Gasteiger partial charge in [-0.15, -0.1) is 0 Å². The first-order valence-corrected chi connectivity index (χ1v) is 6.98. The third-order valence-corrected chi connectivity index (χ3v) is 3.29. The van der Waals surface area contributed by atoms with Gasteiger partial charge in [-0.3, -0.25) is 9.48 Å². The lowest BCUT2D eigenvalue weighted by molar-refractivity contribution is -0.111. The Labute approximate surface area is 132 Å². The highest BCUT2D eigenvalue weighted by molar-refractivity contribution is 6.02. The summed E-state index contributed by atoms with van der Waals surface area (Å²) in [5.41, 5.74) is 1.13. The van der Waals surface area contributed by atoms with Gasteiger partial charge < -0.3 is 14.8 Å². The van der Waals surface area contributed by atoms with E-state index in [-0.39, 0.29) is 5.91 Å². The van der Waals surface area contributed by atoms with E-state index < -0.39 is 0 Å². The zero-order chi connectivity index (χ0) is 16.2. The first-order chi connectivity index (χ1) is 11.2. The van der Waals surface area contributed by atoms with Crippen LogP contribution in [0.15, 0.2) is 30.5 Å². The number of nitrogens with one attached hydrogen (secondary N) is 1. The van der Waals surface area contributed by atoms with E-state index in [4.69, 9.17) is 14.7 Å². The predicted molar refractivity (Wildman–Crippen MR) is 83.0 cm³/mol. The molecule has 3 rings (SSSR count). The Morgan fingerprint density at radius 1 is 1.39 bits per heavy atom. The van der Waals surface area contributed by atoms with Crippen molar-refractivity contribution in [2.24, 2.45) is 7.05 Å². The van der Waals surface area contributed by atoms with Crippen LogP contribution >= 0.6 is 0 Å². The average molecular weight is 310 g/mol. The molecule has 0 aliphatic carbocycles. The maximum absolute atomic E-state index is 12.0. The van der Waals surface area contributed by atoms with E-state index >= 15 is 0 Å². The lowest BCUT2D eigenvalue weighted by atomic mass is 10.2. The number of benzene rings is 1. The fourth-order valence-electron chi connectivity index (χ4n) is 2.16. The number of carbonyl (C=O) groups is 1. The van der Waals surface area contributed by atoms with E-state index in [9.17, 15) is 4.79 Å². The van der Waals surface area contributed by atoms with Gasteiger partial charge in [0.25, 0.3) is 0 Å². The summed E-state index contributed by atoms with van der Waals surface area (Å²) in [5, 5.41) is 15.5. The van der Waals surface area contributed by atoms with Crippen LogP contribution in [0.4, 0.5) is 5.82 Å². The molecular weight excluding hydrogens is 296 g/mol. The maximum atomic E-state index is 12.0. The summed E-state index contributed by atoms with van der Waals surface area (Å²) in [4.78, 5) is 12.0. The van der Waals surface area contributed by atoms with E-state index in [1.54, 1.807) is 19.2 Å². The third-order valence-electron chi connectivity index (χ3n) is 3.29. The van der Waals surface area contributed by atoms with E-state index in [2.05, 4.69) is 10.4 Å². The van der Waals surface area contributed by atoms with Crippen LogP contribution in [0.1, 0.15) is 11.1 Å². The molecule has 0 unspecified atom stereocenters. The highest BCUT2D eigenvalue weighted by atomic mass is 16.6. The summed E-state index contributed by atoms with van der Waals surface area (Å²) < 4.78 is 12.4. The number of amides is 1. The molecule has 1 aromatic carbocycles. The van der Waals surface area contributed by atoms with Crippen LogP contribution in [0.5, 0.6) is 11.5 Å². The minimum atomic E-state index is -0.347. The van der Waals surface area contributed by atoms with Crippen molar-refractivity contribution < 1.29 is 14.3 Å². The lowest BCUT2D eigenvalue weighted by Crippen LogP contribution is -2.15. The van der Waals surface area contributed by atoms with Gasteiger partial charge in [0.2, 0.25) is 5.91 Å². The number of anilines is 1. The molecule has 0 saturated carbocycles. The largest absolute Gasteiger partial charge is 0.486 e. The highest BCUT2D eigenvalue weighted by Gasteiger charge is 2.12. The Balaban J connectivity index is 1.71. The van der Waals surface area contributed by atoms with Gasteiger partial charge >= 0.3 is 0 Å². The van der Waals surface area contributed by atoms with Crippen molar-refractivity contribution in [2.45, 2.75) is 0 Å². The number of aromatic nitrogens is 2. The van der Waals surface area contributed by atoms with Crippen molar-refractivity contribution in [3.8, 4) is 17.6 Å². The Bertz CT molecular complexity index is 817. The van der Waals surface area contributed by atoms with Crippen LogP contribution in [0.2, 0.25) is 0 Å². The van der Waals surface area contributed by atoms with Crippen LogP contribution < -0.4 is 14.8 Å². The number of nitrogens with zero attached hydrogens (tertiary/aromatic N) is 3. The van der Waals surface area contributed by atoms with E-state index in [0.717, 1.165) is 5.56 Å². The van der Waals surface area contributed by atoms with Gasteiger partial charge in [0, 0.05) is 13.1 Å². The van der Waals surface area contributed by atoms with Crippen molar-refractivity contribution in [1.29, 1.82) is 5.26 Å². The van der Waals surface area contributed by atoms with Gasteiger partial charge in [0.1, 0.15) is 30.7 Å². The molecule has 1 aliphatic rings. The highest BCUT2D eigenvalue weighted by Crippen LogP contribution is 2.31. The Kier molecular flexibility index (Phi) is 3.97. The number of fused-ring (bicyclic) bond motifs is 1. The molecule has 0 spiro atoms. The average Bonchev–Trinajstić information content (AvgIpc) is 2.93. The second-order valence-corrected chi connectivity index (χ2v) is 4.87. The van der Waals surface area contributed by atoms with Gasteiger partial charge in [-0.05, 0) is 23.8 Å². The quantitative estimate of drug-likeness (QED) is 0.872. The van der Waals surface area contributed by atoms with Gasteiger partial charge in [-0.2, -0.15) is 10.4 Å². The molecule has 0 saturated heterocycles. The molecule has 1 N–H and O–H groups in total. The minimum absolute atomic E-state index is 0.313. The van der Waals surface area contributed by atoms with Crippen molar-refractivity contribution in [1.82, 2.24) is 9.78 Å². The molecule has 0 radical (unpaired) electrons. The Hall–Kier alpha value is -3.27. The number of hydrogen-bond acceptors (Lipinski definition) is 5. The molecule has 1 amide bonds.